The molecule has 0 spiro atoms. The Bertz CT molecular complexity index is 790. The van der Waals surface area contributed by atoms with Crippen LogP contribution in [0.2, 0.25) is 0 Å². The number of rotatable bonds is 4. The van der Waals surface area contributed by atoms with Gasteiger partial charge in [-0.05, 0) is 55.6 Å². The molecule has 3 atom stereocenters. The molecule has 26 heavy (non-hydrogen) atoms. The molecule has 2 aromatic rings. The molecule has 136 valence electrons. The van der Waals surface area contributed by atoms with Gasteiger partial charge in [0.1, 0.15) is 11.9 Å². The molecule has 2 aromatic carbocycles. The molecule has 1 saturated heterocycles. The number of fused-ring (bicyclic) bond motifs is 1. The summed E-state index contributed by atoms with van der Waals surface area (Å²) in [6.07, 6.45) is 3.58. The summed E-state index contributed by atoms with van der Waals surface area (Å²) in [5, 5.41) is 0. The van der Waals surface area contributed by atoms with Gasteiger partial charge in [0, 0.05) is 18.4 Å². The van der Waals surface area contributed by atoms with Crippen LogP contribution in [0.15, 0.2) is 48.5 Å². The van der Waals surface area contributed by atoms with Crippen molar-refractivity contribution in [3.63, 3.8) is 0 Å². The fraction of sp³-hybridized carbons (Fsp3) is 0.409. The van der Waals surface area contributed by atoms with Gasteiger partial charge in [0.05, 0.1) is 0 Å². The highest BCUT2D eigenvalue weighted by Crippen LogP contribution is 2.35. The first-order valence-electron chi connectivity index (χ1n) is 9.42. The van der Waals surface area contributed by atoms with Crippen molar-refractivity contribution in [3.05, 3.63) is 65.2 Å². The van der Waals surface area contributed by atoms with Crippen LogP contribution in [0.5, 0.6) is 5.75 Å². The number of hydrogen-bond acceptors (Lipinski definition) is 3. The van der Waals surface area contributed by atoms with Gasteiger partial charge < -0.3 is 10.5 Å². The monoisotopic (exact) mass is 350 g/mol. The van der Waals surface area contributed by atoms with Gasteiger partial charge in [0.15, 0.2) is 0 Å². The normalized spacial score (nSPS) is 25.5. The number of likely N-dealkylation sites (tertiary alicyclic amines) is 1. The number of carbonyl (C=O) groups excluding carboxylic acids is 1. The number of nitrogens with two attached hydrogens (primary N) is 1. The van der Waals surface area contributed by atoms with Crippen molar-refractivity contribution in [3.8, 4) is 5.75 Å². The third kappa shape index (κ3) is 3.47. The van der Waals surface area contributed by atoms with Gasteiger partial charge in [-0.1, -0.05) is 42.5 Å². The lowest BCUT2D eigenvalue weighted by Gasteiger charge is -2.38. The SMILES string of the molecule is CN1CCC(C(N)=O)CC1C1Cc2cc(Cc3ccccc3)ccc2O1. The van der Waals surface area contributed by atoms with E-state index in [1.807, 2.05) is 6.07 Å². The number of ether oxygens (including phenoxy) is 1. The van der Waals surface area contributed by atoms with Crippen LogP contribution in [0.25, 0.3) is 0 Å². The van der Waals surface area contributed by atoms with Gasteiger partial charge in [-0.3, -0.25) is 9.69 Å². The van der Waals surface area contributed by atoms with Crippen LogP contribution < -0.4 is 10.5 Å². The van der Waals surface area contributed by atoms with Gasteiger partial charge >= 0.3 is 0 Å². The van der Waals surface area contributed by atoms with E-state index in [1.54, 1.807) is 0 Å². The van der Waals surface area contributed by atoms with E-state index in [1.165, 1.54) is 16.7 Å². The van der Waals surface area contributed by atoms with Gasteiger partial charge in [-0.15, -0.1) is 0 Å². The van der Waals surface area contributed by atoms with Crippen molar-refractivity contribution < 1.29 is 9.53 Å². The third-order valence-corrected chi connectivity index (χ3v) is 5.83. The maximum Gasteiger partial charge on any atom is 0.220 e. The lowest BCUT2D eigenvalue weighted by atomic mass is 9.86. The van der Waals surface area contributed by atoms with Gasteiger partial charge in [-0.2, -0.15) is 0 Å². The molecule has 4 rings (SSSR count). The zero-order valence-electron chi connectivity index (χ0n) is 15.2. The Morgan fingerprint density at radius 3 is 2.77 bits per heavy atom. The van der Waals surface area contributed by atoms with E-state index in [2.05, 4.69) is 54.4 Å². The zero-order valence-corrected chi connectivity index (χ0v) is 15.2. The summed E-state index contributed by atoms with van der Waals surface area (Å²) in [7, 11) is 2.12. The van der Waals surface area contributed by atoms with Crippen molar-refractivity contribution in [2.45, 2.75) is 37.8 Å². The standard InChI is InChI=1S/C22H26N2O2/c1-24-10-9-17(22(23)25)13-19(24)21-14-18-12-16(7-8-20(18)26-21)11-15-5-3-2-4-6-15/h2-8,12,17,19,21H,9-11,13-14H2,1H3,(H2,23,25). The summed E-state index contributed by atoms with van der Waals surface area (Å²) >= 11 is 0. The van der Waals surface area contributed by atoms with E-state index in [0.29, 0.717) is 0 Å². The van der Waals surface area contributed by atoms with Crippen molar-refractivity contribution in [2.24, 2.45) is 11.7 Å². The topological polar surface area (TPSA) is 55.6 Å². The first-order valence-corrected chi connectivity index (χ1v) is 9.42. The molecule has 0 bridgehead atoms. The predicted molar refractivity (Wildman–Crippen MR) is 102 cm³/mol. The van der Waals surface area contributed by atoms with Crippen LogP contribution in [-0.2, 0) is 17.6 Å². The van der Waals surface area contributed by atoms with Crippen LogP contribution in [0.4, 0.5) is 0 Å². The van der Waals surface area contributed by atoms with Crippen molar-refractivity contribution in [1.29, 1.82) is 0 Å². The van der Waals surface area contributed by atoms with E-state index in [9.17, 15) is 4.79 Å². The van der Waals surface area contributed by atoms with E-state index >= 15 is 0 Å². The minimum atomic E-state index is -0.177. The predicted octanol–water partition coefficient (Wildman–Crippen LogP) is 2.78. The minimum absolute atomic E-state index is 0.0304. The van der Waals surface area contributed by atoms with Crippen molar-refractivity contribution in [2.75, 3.05) is 13.6 Å². The highest BCUT2D eigenvalue weighted by molar-refractivity contribution is 5.76. The summed E-state index contributed by atoms with van der Waals surface area (Å²) < 4.78 is 6.26. The molecular weight excluding hydrogens is 324 g/mol. The molecule has 4 nitrogen and oxygen atoms in total. The lowest BCUT2D eigenvalue weighted by molar-refractivity contribution is -0.124. The quantitative estimate of drug-likeness (QED) is 0.922. The Labute approximate surface area is 155 Å². The fourth-order valence-electron chi connectivity index (χ4n) is 4.29. The maximum absolute atomic E-state index is 11.6. The molecule has 0 radical (unpaired) electrons. The minimum Gasteiger partial charge on any atom is -0.488 e. The molecule has 0 aromatic heterocycles. The molecule has 2 aliphatic heterocycles. The molecule has 2 heterocycles. The fourth-order valence-corrected chi connectivity index (χ4v) is 4.29. The highest BCUT2D eigenvalue weighted by Gasteiger charge is 2.38. The average molecular weight is 350 g/mol. The van der Waals surface area contributed by atoms with Crippen LogP contribution in [0.3, 0.4) is 0 Å². The Morgan fingerprint density at radius 2 is 2.00 bits per heavy atom. The van der Waals surface area contributed by atoms with Gasteiger partial charge in [0.2, 0.25) is 5.91 Å². The molecule has 4 heteroatoms. The lowest BCUT2D eigenvalue weighted by Crippen LogP contribution is -2.50. The number of amides is 1. The Kier molecular flexibility index (Phi) is 4.68. The van der Waals surface area contributed by atoms with Crippen LogP contribution in [-0.4, -0.2) is 36.5 Å². The summed E-state index contributed by atoms with van der Waals surface area (Å²) in [5.74, 6) is 0.780. The molecule has 2 N–H and O–H groups in total. The molecule has 2 aliphatic rings. The molecule has 1 amide bonds. The summed E-state index contributed by atoms with van der Waals surface area (Å²) in [4.78, 5) is 13.9. The summed E-state index contributed by atoms with van der Waals surface area (Å²) in [5.41, 5.74) is 9.46. The van der Waals surface area contributed by atoms with Gasteiger partial charge in [-0.25, -0.2) is 0 Å². The van der Waals surface area contributed by atoms with Crippen molar-refractivity contribution >= 4 is 5.91 Å². The van der Waals surface area contributed by atoms with E-state index in [-0.39, 0.29) is 24.0 Å². The van der Waals surface area contributed by atoms with E-state index in [0.717, 1.165) is 38.0 Å². The van der Waals surface area contributed by atoms with Crippen molar-refractivity contribution in [1.82, 2.24) is 4.90 Å². The second kappa shape index (κ2) is 7.12. The number of hydrogen-bond donors (Lipinski definition) is 1. The van der Waals surface area contributed by atoms with Crippen LogP contribution in [0, 0.1) is 5.92 Å². The Balaban J connectivity index is 1.47. The summed E-state index contributed by atoms with van der Waals surface area (Å²) in [6, 6.07) is 17.3. The van der Waals surface area contributed by atoms with Crippen LogP contribution in [0.1, 0.15) is 29.5 Å². The number of likely N-dealkylation sites (N-methyl/N-ethyl adjacent to an activating group) is 1. The molecule has 0 saturated carbocycles. The molecular formula is C22H26N2O2. The summed E-state index contributed by atoms with van der Waals surface area (Å²) in [6.45, 7) is 0.897. The number of nitrogens with zero attached hydrogens (tertiary/aromatic N) is 1. The number of piperidine rings is 1. The highest BCUT2D eigenvalue weighted by atomic mass is 16.5. The number of carbonyl (C=O) groups is 1. The van der Waals surface area contributed by atoms with E-state index < -0.39 is 0 Å². The van der Waals surface area contributed by atoms with Gasteiger partial charge in [0.25, 0.3) is 0 Å². The smallest absolute Gasteiger partial charge is 0.220 e. The molecule has 3 unspecified atom stereocenters. The first-order chi connectivity index (χ1) is 12.6. The van der Waals surface area contributed by atoms with Crippen LogP contribution >= 0.6 is 0 Å². The zero-order chi connectivity index (χ0) is 18.1. The second-order valence-corrected chi connectivity index (χ2v) is 7.64. The average Bonchev–Trinajstić information content (AvgIpc) is 3.06. The Hall–Kier alpha value is -2.33. The molecule has 1 fully saturated rings. The number of primary amides is 1. The second-order valence-electron chi connectivity index (χ2n) is 7.64. The largest absolute Gasteiger partial charge is 0.488 e. The molecule has 0 aliphatic carbocycles. The van der Waals surface area contributed by atoms with E-state index in [4.69, 9.17) is 10.5 Å². The first kappa shape index (κ1) is 17.1. The Morgan fingerprint density at radius 1 is 1.19 bits per heavy atom. The third-order valence-electron chi connectivity index (χ3n) is 5.83. The maximum atomic E-state index is 11.6. The number of benzene rings is 2.